The van der Waals surface area contributed by atoms with Crippen LogP contribution in [0.25, 0.3) is 0 Å². The van der Waals surface area contributed by atoms with Crippen LogP contribution in [0, 0.1) is 11.9 Å². The molecule has 1 heterocycles. The summed E-state index contributed by atoms with van der Waals surface area (Å²) in [5.74, 6) is -2.72. The summed E-state index contributed by atoms with van der Waals surface area (Å²) in [6.45, 7) is 0. The summed E-state index contributed by atoms with van der Waals surface area (Å²) in [6.07, 6.45) is -1.32. The normalized spacial score (nSPS) is 9.80. The molecule has 1 aromatic rings. The van der Waals surface area contributed by atoms with Crippen LogP contribution in [0.15, 0.2) is 4.79 Å². The lowest BCUT2D eigenvalue weighted by Gasteiger charge is -1.90. The molecule has 0 spiro atoms. The smallest absolute Gasteiger partial charge is 0.293 e. The van der Waals surface area contributed by atoms with E-state index in [0.29, 0.717) is 0 Å². The van der Waals surface area contributed by atoms with E-state index in [9.17, 15) is 13.6 Å². The second kappa shape index (κ2) is 2.05. The van der Waals surface area contributed by atoms with Crippen LogP contribution in [0.2, 0.25) is 0 Å². The van der Waals surface area contributed by atoms with Crippen LogP contribution in [-0.2, 0) is 0 Å². The van der Waals surface area contributed by atoms with Gasteiger partial charge in [0.15, 0.2) is 0 Å². The first-order valence-electron chi connectivity index (χ1n) is 2.25. The summed E-state index contributed by atoms with van der Waals surface area (Å²) in [5, 5.41) is 8.33. The van der Waals surface area contributed by atoms with Crippen molar-refractivity contribution >= 4 is 0 Å². The predicted octanol–water partition coefficient (Wildman–Crippen LogP) is -0.246. The maximum atomic E-state index is 12.1. The Hall–Kier alpha value is -1.46. The predicted molar refractivity (Wildman–Crippen MR) is 26.4 cm³/mol. The van der Waals surface area contributed by atoms with E-state index in [1.807, 2.05) is 0 Å². The molecule has 2 N–H and O–H groups in total. The van der Waals surface area contributed by atoms with Gasteiger partial charge in [0.25, 0.3) is 17.5 Å². The average Bonchev–Trinajstić information content (AvgIpc) is 1.82. The maximum absolute atomic E-state index is 12.1. The fourth-order valence-corrected chi connectivity index (χ4v) is 0.420. The van der Waals surface area contributed by atoms with Crippen molar-refractivity contribution in [2.75, 3.05) is 0 Å². The number of nitrogens with zero attached hydrogens (tertiary/aromatic N) is 1. The molecule has 0 aliphatic rings. The first-order valence-corrected chi connectivity index (χ1v) is 2.25. The fraction of sp³-hybridized carbons (Fsp3) is 0. The summed E-state index contributed by atoms with van der Waals surface area (Å²) in [5.41, 5.74) is -1.33. The van der Waals surface area contributed by atoms with Crippen molar-refractivity contribution < 1.29 is 13.9 Å². The SMILES string of the molecule is O=c1[nH]c(F)nc(O)c1F. The van der Waals surface area contributed by atoms with E-state index < -0.39 is 23.3 Å². The topological polar surface area (TPSA) is 66.0 Å². The van der Waals surface area contributed by atoms with Crippen molar-refractivity contribution in [1.82, 2.24) is 9.97 Å². The third-order valence-electron chi connectivity index (χ3n) is 0.816. The largest absolute Gasteiger partial charge is 0.491 e. The highest BCUT2D eigenvalue weighted by Gasteiger charge is 2.07. The number of aromatic nitrogens is 2. The van der Waals surface area contributed by atoms with Gasteiger partial charge in [0.2, 0.25) is 5.82 Å². The van der Waals surface area contributed by atoms with E-state index in [2.05, 4.69) is 4.98 Å². The first-order chi connectivity index (χ1) is 4.61. The van der Waals surface area contributed by atoms with Crippen molar-refractivity contribution in [3.8, 4) is 5.88 Å². The second-order valence-electron chi connectivity index (χ2n) is 1.49. The molecule has 0 aliphatic carbocycles. The van der Waals surface area contributed by atoms with Gasteiger partial charge in [-0.3, -0.25) is 9.78 Å². The minimum Gasteiger partial charge on any atom is -0.491 e. The molecule has 0 unspecified atom stereocenters. The van der Waals surface area contributed by atoms with Gasteiger partial charge < -0.3 is 5.11 Å². The van der Waals surface area contributed by atoms with Crippen molar-refractivity contribution in [3.05, 3.63) is 22.2 Å². The Morgan fingerprint density at radius 3 is 2.60 bits per heavy atom. The van der Waals surface area contributed by atoms with Gasteiger partial charge in [0.1, 0.15) is 0 Å². The van der Waals surface area contributed by atoms with Crippen LogP contribution in [0.5, 0.6) is 5.88 Å². The van der Waals surface area contributed by atoms with Gasteiger partial charge in [-0.1, -0.05) is 0 Å². The highest BCUT2D eigenvalue weighted by atomic mass is 19.1. The molecule has 0 fully saturated rings. The molecule has 4 nitrogen and oxygen atoms in total. The molecule has 0 amide bonds. The number of rotatable bonds is 0. The van der Waals surface area contributed by atoms with Crippen LogP contribution < -0.4 is 5.56 Å². The Labute approximate surface area is 53.2 Å². The lowest BCUT2D eigenvalue weighted by atomic mass is 10.6. The van der Waals surface area contributed by atoms with Crippen LogP contribution in [0.3, 0.4) is 0 Å². The van der Waals surface area contributed by atoms with Crippen molar-refractivity contribution in [3.63, 3.8) is 0 Å². The Bertz CT molecular complexity index is 309. The van der Waals surface area contributed by atoms with Gasteiger partial charge in [-0.2, -0.15) is 13.8 Å². The number of hydrogen-bond acceptors (Lipinski definition) is 3. The van der Waals surface area contributed by atoms with Crippen molar-refractivity contribution in [2.45, 2.75) is 0 Å². The van der Waals surface area contributed by atoms with E-state index in [-0.39, 0.29) is 0 Å². The quantitative estimate of drug-likeness (QED) is 0.498. The summed E-state index contributed by atoms with van der Waals surface area (Å²) >= 11 is 0. The van der Waals surface area contributed by atoms with Crippen molar-refractivity contribution in [1.29, 1.82) is 0 Å². The van der Waals surface area contributed by atoms with E-state index in [1.165, 1.54) is 4.98 Å². The zero-order valence-corrected chi connectivity index (χ0v) is 4.56. The first kappa shape index (κ1) is 6.66. The van der Waals surface area contributed by atoms with Gasteiger partial charge in [0, 0.05) is 0 Å². The molecule has 0 saturated carbocycles. The molecule has 0 bridgehead atoms. The molecule has 0 radical (unpaired) electrons. The molecule has 10 heavy (non-hydrogen) atoms. The van der Waals surface area contributed by atoms with Gasteiger partial charge in [-0.05, 0) is 0 Å². The monoisotopic (exact) mass is 148 g/mol. The molecule has 54 valence electrons. The summed E-state index contributed by atoms with van der Waals surface area (Å²) in [6, 6.07) is 0. The Kier molecular flexibility index (Phi) is 1.37. The summed E-state index contributed by atoms with van der Waals surface area (Å²) < 4.78 is 24.0. The lowest BCUT2D eigenvalue weighted by Crippen LogP contribution is -2.13. The Morgan fingerprint density at radius 2 is 2.10 bits per heavy atom. The molecule has 0 aromatic carbocycles. The average molecular weight is 148 g/mol. The van der Waals surface area contributed by atoms with Crippen LogP contribution in [-0.4, -0.2) is 15.1 Å². The molecular weight excluding hydrogens is 146 g/mol. The highest BCUT2D eigenvalue weighted by Crippen LogP contribution is 2.03. The summed E-state index contributed by atoms with van der Waals surface area (Å²) in [4.78, 5) is 14.2. The fourth-order valence-electron chi connectivity index (χ4n) is 0.420. The number of hydrogen-bond donors (Lipinski definition) is 2. The van der Waals surface area contributed by atoms with Gasteiger partial charge in [0.05, 0.1) is 0 Å². The zero-order valence-electron chi connectivity index (χ0n) is 4.56. The minimum atomic E-state index is -1.48. The number of aromatic hydroxyl groups is 1. The molecule has 1 aromatic heterocycles. The zero-order chi connectivity index (χ0) is 7.72. The number of halogens is 2. The molecule has 0 atom stereocenters. The maximum Gasteiger partial charge on any atom is 0.293 e. The lowest BCUT2D eigenvalue weighted by molar-refractivity contribution is 0.381. The molecular formula is C4H2F2N2O2. The minimum absolute atomic E-state index is 1.23. The van der Waals surface area contributed by atoms with Crippen LogP contribution in [0.4, 0.5) is 8.78 Å². The van der Waals surface area contributed by atoms with Crippen LogP contribution >= 0.6 is 0 Å². The second-order valence-corrected chi connectivity index (χ2v) is 1.49. The van der Waals surface area contributed by atoms with E-state index in [0.717, 1.165) is 0 Å². The van der Waals surface area contributed by atoms with Gasteiger partial charge in [-0.25, -0.2) is 0 Å². The molecule has 0 aliphatic heterocycles. The standard InChI is InChI=1S/C4H2F2N2O2/c5-1-2(9)7-4(6)8-3(1)10/h(H2,7,8,9,10). The van der Waals surface area contributed by atoms with E-state index in [1.54, 1.807) is 0 Å². The number of aromatic amines is 1. The van der Waals surface area contributed by atoms with E-state index in [4.69, 9.17) is 5.11 Å². The number of H-pyrrole nitrogens is 1. The summed E-state index contributed by atoms with van der Waals surface area (Å²) in [7, 11) is 0. The highest BCUT2D eigenvalue weighted by molar-refractivity contribution is 5.06. The molecule has 1 rings (SSSR count). The molecule has 0 saturated heterocycles. The number of nitrogens with one attached hydrogen (secondary N) is 1. The van der Waals surface area contributed by atoms with E-state index >= 15 is 0 Å². The molecule has 6 heteroatoms. The van der Waals surface area contributed by atoms with Gasteiger partial charge in [-0.15, -0.1) is 0 Å². The van der Waals surface area contributed by atoms with Crippen molar-refractivity contribution in [2.24, 2.45) is 0 Å². The third kappa shape index (κ3) is 0.949. The van der Waals surface area contributed by atoms with Gasteiger partial charge >= 0.3 is 0 Å². The van der Waals surface area contributed by atoms with Crippen LogP contribution in [0.1, 0.15) is 0 Å². The Morgan fingerprint density at radius 1 is 1.50 bits per heavy atom. The third-order valence-corrected chi connectivity index (χ3v) is 0.816. The Balaban J connectivity index is 3.46.